The van der Waals surface area contributed by atoms with Crippen LogP contribution in [0.25, 0.3) is 0 Å². The highest BCUT2D eigenvalue weighted by Gasteiger charge is 2.21. The molecule has 2 fully saturated rings. The van der Waals surface area contributed by atoms with Gasteiger partial charge in [-0.25, -0.2) is 9.78 Å². The second kappa shape index (κ2) is 6.52. The van der Waals surface area contributed by atoms with Gasteiger partial charge >= 0.3 is 5.97 Å². The summed E-state index contributed by atoms with van der Waals surface area (Å²) >= 11 is 0. The van der Waals surface area contributed by atoms with E-state index in [1.165, 1.54) is 26.4 Å². The van der Waals surface area contributed by atoms with E-state index < -0.39 is 0 Å². The third-order valence-electron chi connectivity index (χ3n) is 4.52. The number of hydrogen-bond donors (Lipinski definition) is 1. The molecule has 1 saturated carbocycles. The number of aromatic nitrogens is 1. The number of piperazine rings is 1. The van der Waals surface area contributed by atoms with Gasteiger partial charge < -0.3 is 19.9 Å². The minimum absolute atomic E-state index is 0.311. The van der Waals surface area contributed by atoms with Gasteiger partial charge in [0.2, 0.25) is 0 Å². The number of anilines is 2. The SMILES string of the molecule is COC(=O)c1cc(NC2CCC2)nc(N2CCN(C)CC2)c1. The quantitative estimate of drug-likeness (QED) is 0.853. The first-order valence-corrected chi connectivity index (χ1v) is 7.96. The van der Waals surface area contributed by atoms with E-state index in [-0.39, 0.29) is 5.97 Å². The van der Waals surface area contributed by atoms with Crippen molar-refractivity contribution >= 4 is 17.6 Å². The third-order valence-corrected chi connectivity index (χ3v) is 4.52. The van der Waals surface area contributed by atoms with E-state index in [0.29, 0.717) is 11.6 Å². The van der Waals surface area contributed by atoms with Gasteiger partial charge in [-0.05, 0) is 38.4 Å². The predicted molar refractivity (Wildman–Crippen MR) is 86.5 cm³/mol. The molecule has 0 spiro atoms. The highest BCUT2D eigenvalue weighted by Crippen LogP contribution is 2.25. The van der Waals surface area contributed by atoms with Crippen LogP contribution in [0.15, 0.2) is 12.1 Å². The van der Waals surface area contributed by atoms with Crippen molar-refractivity contribution in [1.82, 2.24) is 9.88 Å². The molecular formula is C16H24N4O2. The normalized spacial score (nSPS) is 19.6. The Morgan fingerprint density at radius 3 is 2.59 bits per heavy atom. The zero-order chi connectivity index (χ0) is 15.5. The van der Waals surface area contributed by atoms with Crippen molar-refractivity contribution in [1.29, 1.82) is 0 Å². The highest BCUT2D eigenvalue weighted by atomic mass is 16.5. The molecule has 6 nitrogen and oxygen atoms in total. The van der Waals surface area contributed by atoms with Gasteiger partial charge in [-0.2, -0.15) is 0 Å². The van der Waals surface area contributed by atoms with Crippen LogP contribution in [-0.2, 0) is 4.74 Å². The Hall–Kier alpha value is -1.82. The largest absolute Gasteiger partial charge is 0.465 e. The molecular weight excluding hydrogens is 280 g/mol. The smallest absolute Gasteiger partial charge is 0.338 e. The van der Waals surface area contributed by atoms with Crippen LogP contribution in [0.3, 0.4) is 0 Å². The lowest BCUT2D eigenvalue weighted by Crippen LogP contribution is -2.45. The number of pyridine rings is 1. The molecule has 1 aliphatic heterocycles. The Morgan fingerprint density at radius 1 is 1.27 bits per heavy atom. The summed E-state index contributed by atoms with van der Waals surface area (Å²) in [5, 5.41) is 3.43. The average molecular weight is 304 g/mol. The maximum absolute atomic E-state index is 11.9. The summed E-state index contributed by atoms with van der Waals surface area (Å²) in [7, 11) is 3.54. The predicted octanol–water partition coefficient (Wildman–Crippen LogP) is 1.58. The Balaban J connectivity index is 1.83. The van der Waals surface area contributed by atoms with E-state index in [2.05, 4.69) is 22.2 Å². The summed E-state index contributed by atoms with van der Waals surface area (Å²) < 4.78 is 4.87. The zero-order valence-electron chi connectivity index (χ0n) is 13.3. The Labute approximate surface area is 131 Å². The lowest BCUT2D eigenvalue weighted by molar-refractivity contribution is 0.0600. The molecule has 0 atom stereocenters. The maximum atomic E-state index is 11.9. The van der Waals surface area contributed by atoms with Gasteiger partial charge in [-0.3, -0.25) is 0 Å². The van der Waals surface area contributed by atoms with E-state index >= 15 is 0 Å². The summed E-state index contributed by atoms with van der Waals surface area (Å²) in [6.07, 6.45) is 3.61. The zero-order valence-corrected chi connectivity index (χ0v) is 13.3. The minimum atomic E-state index is -0.311. The molecule has 1 aliphatic carbocycles. The van der Waals surface area contributed by atoms with Crippen LogP contribution in [0.2, 0.25) is 0 Å². The van der Waals surface area contributed by atoms with Crippen LogP contribution >= 0.6 is 0 Å². The van der Waals surface area contributed by atoms with Gasteiger partial charge in [-0.1, -0.05) is 0 Å². The molecule has 2 aliphatic rings. The Kier molecular flexibility index (Phi) is 4.47. The fourth-order valence-electron chi connectivity index (χ4n) is 2.78. The van der Waals surface area contributed by atoms with E-state index in [9.17, 15) is 4.79 Å². The topological polar surface area (TPSA) is 57.7 Å². The van der Waals surface area contributed by atoms with Crippen LogP contribution in [-0.4, -0.2) is 62.2 Å². The monoisotopic (exact) mass is 304 g/mol. The van der Waals surface area contributed by atoms with Crippen molar-refractivity contribution in [3.63, 3.8) is 0 Å². The van der Waals surface area contributed by atoms with Gasteiger partial charge in [0, 0.05) is 32.2 Å². The number of esters is 1. The number of nitrogens with one attached hydrogen (secondary N) is 1. The molecule has 0 amide bonds. The molecule has 1 saturated heterocycles. The van der Waals surface area contributed by atoms with Crippen molar-refractivity contribution in [2.24, 2.45) is 0 Å². The van der Waals surface area contributed by atoms with Gasteiger partial charge in [0.15, 0.2) is 0 Å². The fourth-order valence-corrected chi connectivity index (χ4v) is 2.78. The van der Waals surface area contributed by atoms with Crippen molar-refractivity contribution < 1.29 is 9.53 Å². The van der Waals surface area contributed by atoms with Crippen LogP contribution in [0.1, 0.15) is 29.6 Å². The van der Waals surface area contributed by atoms with E-state index in [0.717, 1.165) is 37.8 Å². The number of nitrogens with zero attached hydrogens (tertiary/aromatic N) is 3. The Morgan fingerprint density at radius 2 is 2.00 bits per heavy atom. The number of methoxy groups -OCH3 is 1. The molecule has 120 valence electrons. The van der Waals surface area contributed by atoms with E-state index in [1.54, 1.807) is 6.07 Å². The second-order valence-corrected chi connectivity index (χ2v) is 6.15. The van der Waals surface area contributed by atoms with Crippen LogP contribution < -0.4 is 10.2 Å². The molecule has 0 radical (unpaired) electrons. The standard InChI is InChI=1S/C16H24N4O2/c1-19-6-8-20(9-7-19)15-11-12(16(21)22-2)10-14(18-15)17-13-4-3-5-13/h10-11,13H,3-9H2,1-2H3,(H,17,18). The summed E-state index contributed by atoms with van der Waals surface area (Å²) in [5.41, 5.74) is 0.563. The van der Waals surface area contributed by atoms with Crippen LogP contribution in [0.4, 0.5) is 11.6 Å². The van der Waals surface area contributed by atoms with Gasteiger partial charge in [0.25, 0.3) is 0 Å². The fraction of sp³-hybridized carbons (Fsp3) is 0.625. The summed E-state index contributed by atoms with van der Waals surface area (Å²) in [6.45, 7) is 3.87. The number of rotatable bonds is 4. The lowest BCUT2D eigenvalue weighted by Gasteiger charge is -2.34. The first-order valence-electron chi connectivity index (χ1n) is 7.96. The Bertz CT molecular complexity index is 537. The first kappa shape index (κ1) is 15.1. The van der Waals surface area contributed by atoms with Crippen molar-refractivity contribution in [2.75, 3.05) is 50.6 Å². The number of carbonyl (C=O) groups excluding carboxylic acids is 1. The third kappa shape index (κ3) is 3.32. The molecule has 1 aromatic rings. The van der Waals surface area contributed by atoms with Gasteiger partial charge in [-0.15, -0.1) is 0 Å². The number of likely N-dealkylation sites (N-methyl/N-ethyl adjacent to an activating group) is 1. The lowest BCUT2D eigenvalue weighted by atomic mass is 9.93. The molecule has 0 bridgehead atoms. The minimum Gasteiger partial charge on any atom is -0.465 e. The number of ether oxygens (including phenoxy) is 1. The van der Waals surface area contributed by atoms with Crippen molar-refractivity contribution in [3.05, 3.63) is 17.7 Å². The molecule has 1 aromatic heterocycles. The summed E-state index contributed by atoms with van der Waals surface area (Å²) in [6, 6.07) is 4.12. The van der Waals surface area contributed by atoms with E-state index in [1.807, 2.05) is 6.07 Å². The number of carbonyl (C=O) groups is 1. The molecule has 1 N–H and O–H groups in total. The van der Waals surface area contributed by atoms with Gasteiger partial charge in [0.1, 0.15) is 11.6 Å². The van der Waals surface area contributed by atoms with Crippen molar-refractivity contribution in [3.8, 4) is 0 Å². The van der Waals surface area contributed by atoms with Crippen LogP contribution in [0.5, 0.6) is 0 Å². The maximum Gasteiger partial charge on any atom is 0.338 e. The van der Waals surface area contributed by atoms with Crippen molar-refractivity contribution in [2.45, 2.75) is 25.3 Å². The molecule has 2 heterocycles. The first-order chi connectivity index (χ1) is 10.7. The summed E-state index contributed by atoms with van der Waals surface area (Å²) in [5.74, 6) is 1.33. The number of hydrogen-bond acceptors (Lipinski definition) is 6. The average Bonchev–Trinajstić information content (AvgIpc) is 2.50. The molecule has 3 rings (SSSR count). The second-order valence-electron chi connectivity index (χ2n) is 6.15. The molecule has 0 unspecified atom stereocenters. The summed E-state index contributed by atoms with van der Waals surface area (Å²) in [4.78, 5) is 21.2. The molecule has 22 heavy (non-hydrogen) atoms. The van der Waals surface area contributed by atoms with E-state index in [4.69, 9.17) is 9.72 Å². The van der Waals surface area contributed by atoms with Crippen LogP contribution in [0, 0.1) is 0 Å². The molecule has 0 aromatic carbocycles. The highest BCUT2D eigenvalue weighted by molar-refractivity contribution is 5.91. The molecule has 6 heteroatoms. The van der Waals surface area contributed by atoms with Gasteiger partial charge in [0.05, 0.1) is 12.7 Å².